The van der Waals surface area contributed by atoms with Gasteiger partial charge in [0.1, 0.15) is 0 Å². The largest absolute Gasteiger partial charge is 0.327 e. The number of rotatable bonds is 5. The highest BCUT2D eigenvalue weighted by atomic mass is 35.5. The molecular formula is C14H15Cl2NS2. The van der Waals surface area contributed by atoms with Crippen LogP contribution in [0.4, 0.5) is 0 Å². The van der Waals surface area contributed by atoms with Crippen LogP contribution in [0.2, 0.25) is 9.36 Å². The Morgan fingerprint density at radius 1 is 1.16 bits per heavy atom. The number of halogens is 2. The predicted octanol–water partition coefficient (Wildman–Crippen LogP) is 5.38. The number of nitrogens with two attached hydrogens (primary N) is 1. The van der Waals surface area contributed by atoms with Crippen molar-refractivity contribution in [3.8, 4) is 0 Å². The van der Waals surface area contributed by atoms with Gasteiger partial charge in [-0.3, -0.25) is 0 Å². The normalized spacial score (nSPS) is 14.3. The molecule has 1 nitrogen and oxygen atoms in total. The lowest BCUT2D eigenvalue weighted by Crippen LogP contribution is -2.22. The monoisotopic (exact) mass is 331 g/mol. The molecule has 0 aliphatic heterocycles. The molecule has 2 aromatic rings. The molecule has 2 atom stereocenters. The van der Waals surface area contributed by atoms with Gasteiger partial charge in [-0.15, -0.1) is 23.1 Å². The zero-order chi connectivity index (χ0) is 13.8. The lowest BCUT2D eigenvalue weighted by molar-refractivity contribution is 0.730. The topological polar surface area (TPSA) is 26.0 Å². The van der Waals surface area contributed by atoms with E-state index in [9.17, 15) is 0 Å². The van der Waals surface area contributed by atoms with Crippen molar-refractivity contribution in [1.82, 2.24) is 0 Å². The van der Waals surface area contributed by atoms with E-state index >= 15 is 0 Å². The molecule has 1 heterocycles. The molecule has 19 heavy (non-hydrogen) atoms. The van der Waals surface area contributed by atoms with Gasteiger partial charge in [0.25, 0.3) is 0 Å². The summed E-state index contributed by atoms with van der Waals surface area (Å²) in [5.74, 6) is 0.916. The molecule has 2 N–H and O–H groups in total. The van der Waals surface area contributed by atoms with Crippen LogP contribution in [0.5, 0.6) is 0 Å². The van der Waals surface area contributed by atoms with Crippen molar-refractivity contribution >= 4 is 46.3 Å². The van der Waals surface area contributed by atoms with Crippen LogP contribution in [-0.2, 0) is 5.75 Å². The fraction of sp³-hybridized carbons (Fsp3) is 0.286. The molecule has 0 aliphatic rings. The van der Waals surface area contributed by atoms with E-state index < -0.39 is 0 Å². The lowest BCUT2D eigenvalue weighted by Gasteiger charge is -2.19. The molecule has 0 amide bonds. The molecule has 0 aliphatic carbocycles. The van der Waals surface area contributed by atoms with Crippen LogP contribution in [0.15, 0.2) is 36.4 Å². The molecule has 0 saturated carbocycles. The summed E-state index contributed by atoms with van der Waals surface area (Å²) < 4.78 is 0.813. The van der Waals surface area contributed by atoms with Crippen LogP contribution < -0.4 is 5.73 Å². The van der Waals surface area contributed by atoms with Gasteiger partial charge in [0.15, 0.2) is 0 Å². The van der Waals surface area contributed by atoms with Crippen molar-refractivity contribution in [3.63, 3.8) is 0 Å². The SMILES string of the molecule is CC(N)C(SCc1ccc(Cl)cc1)c1ccc(Cl)s1. The minimum atomic E-state index is 0.0898. The summed E-state index contributed by atoms with van der Waals surface area (Å²) in [5.41, 5.74) is 7.34. The third-order valence-electron chi connectivity index (χ3n) is 2.69. The van der Waals surface area contributed by atoms with Gasteiger partial charge in [-0.25, -0.2) is 0 Å². The highest BCUT2D eigenvalue weighted by Crippen LogP contribution is 2.38. The zero-order valence-electron chi connectivity index (χ0n) is 10.5. The minimum Gasteiger partial charge on any atom is -0.327 e. The summed E-state index contributed by atoms with van der Waals surface area (Å²) in [6.07, 6.45) is 0. The lowest BCUT2D eigenvalue weighted by atomic mass is 10.2. The second-order valence-corrected chi connectivity index (χ2v) is 7.67. The molecule has 1 aromatic heterocycles. The molecular weight excluding hydrogens is 317 g/mol. The number of benzene rings is 1. The Bertz CT molecular complexity index is 522. The average molecular weight is 332 g/mol. The van der Waals surface area contributed by atoms with E-state index in [0.717, 1.165) is 15.1 Å². The van der Waals surface area contributed by atoms with E-state index in [2.05, 4.69) is 18.2 Å². The molecule has 0 fully saturated rings. The average Bonchev–Trinajstić information content (AvgIpc) is 2.78. The van der Waals surface area contributed by atoms with E-state index in [1.807, 2.05) is 36.9 Å². The first kappa shape index (κ1) is 15.2. The van der Waals surface area contributed by atoms with E-state index in [1.54, 1.807) is 11.3 Å². The van der Waals surface area contributed by atoms with Gasteiger partial charge in [0.2, 0.25) is 0 Å². The predicted molar refractivity (Wildman–Crippen MR) is 88.5 cm³/mol. The molecule has 2 unspecified atom stereocenters. The maximum Gasteiger partial charge on any atom is 0.0931 e. The van der Waals surface area contributed by atoms with Gasteiger partial charge in [-0.1, -0.05) is 35.3 Å². The van der Waals surface area contributed by atoms with Crippen LogP contribution in [0.25, 0.3) is 0 Å². The Morgan fingerprint density at radius 2 is 1.84 bits per heavy atom. The number of hydrogen-bond donors (Lipinski definition) is 1. The standard InChI is InChI=1S/C14H15Cl2NS2/c1-9(17)14(12-6-7-13(16)19-12)18-8-10-2-4-11(15)5-3-10/h2-7,9,14H,8,17H2,1H3. The first-order chi connectivity index (χ1) is 9.06. The summed E-state index contributed by atoms with van der Waals surface area (Å²) in [7, 11) is 0. The third kappa shape index (κ3) is 4.40. The van der Waals surface area contributed by atoms with Crippen molar-refractivity contribution < 1.29 is 0 Å². The Hall–Kier alpha value is -0.190. The summed E-state index contributed by atoms with van der Waals surface area (Å²) in [5, 5.41) is 1.04. The first-order valence-corrected chi connectivity index (χ1v) is 8.55. The molecule has 0 spiro atoms. The van der Waals surface area contributed by atoms with Crippen LogP contribution in [0.1, 0.15) is 22.6 Å². The van der Waals surface area contributed by atoms with E-state index in [1.165, 1.54) is 10.4 Å². The summed E-state index contributed by atoms with van der Waals surface area (Å²) in [6, 6.07) is 12.0. The quantitative estimate of drug-likeness (QED) is 0.796. The Labute approximate surface area is 132 Å². The van der Waals surface area contributed by atoms with Gasteiger partial charge >= 0.3 is 0 Å². The van der Waals surface area contributed by atoms with Crippen LogP contribution in [0, 0.1) is 0 Å². The van der Waals surface area contributed by atoms with E-state index in [-0.39, 0.29) is 11.3 Å². The molecule has 0 radical (unpaired) electrons. The van der Waals surface area contributed by atoms with Crippen LogP contribution in [-0.4, -0.2) is 6.04 Å². The number of thioether (sulfide) groups is 1. The minimum absolute atomic E-state index is 0.0898. The van der Waals surface area contributed by atoms with Crippen molar-refractivity contribution in [3.05, 3.63) is 56.2 Å². The van der Waals surface area contributed by atoms with Gasteiger partial charge in [0.05, 0.1) is 9.59 Å². The molecule has 2 rings (SSSR count). The molecule has 0 bridgehead atoms. The van der Waals surface area contributed by atoms with E-state index in [4.69, 9.17) is 28.9 Å². The smallest absolute Gasteiger partial charge is 0.0931 e. The molecule has 1 aromatic carbocycles. The second kappa shape index (κ2) is 7.00. The van der Waals surface area contributed by atoms with Crippen molar-refractivity contribution in [1.29, 1.82) is 0 Å². The van der Waals surface area contributed by atoms with Crippen LogP contribution in [0.3, 0.4) is 0 Å². The highest BCUT2D eigenvalue weighted by molar-refractivity contribution is 7.98. The van der Waals surface area contributed by atoms with E-state index in [0.29, 0.717) is 0 Å². The van der Waals surface area contributed by atoms with Gasteiger partial charge in [-0.05, 0) is 36.8 Å². The van der Waals surface area contributed by atoms with Gasteiger partial charge in [0, 0.05) is 21.7 Å². The summed E-state index contributed by atoms with van der Waals surface area (Å²) >= 11 is 15.3. The van der Waals surface area contributed by atoms with Gasteiger partial charge in [-0.2, -0.15) is 0 Å². The Kier molecular flexibility index (Phi) is 5.60. The number of thiophene rings is 1. The third-order valence-corrected chi connectivity index (χ3v) is 5.95. The van der Waals surface area contributed by atoms with Crippen molar-refractivity contribution in [2.45, 2.75) is 24.0 Å². The van der Waals surface area contributed by atoms with Crippen LogP contribution >= 0.6 is 46.3 Å². The Morgan fingerprint density at radius 3 is 2.37 bits per heavy atom. The summed E-state index contributed by atoms with van der Waals surface area (Å²) in [6.45, 7) is 2.03. The van der Waals surface area contributed by atoms with Crippen molar-refractivity contribution in [2.24, 2.45) is 5.73 Å². The summed E-state index contributed by atoms with van der Waals surface area (Å²) in [4.78, 5) is 1.24. The maximum atomic E-state index is 6.09. The second-order valence-electron chi connectivity index (χ2n) is 4.36. The molecule has 0 saturated heterocycles. The fourth-order valence-electron chi connectivity index (χ4n) is 1.74. The Balaban J connectivity index is 2.03. The zero-order valence-corrected chi connectivity index (χ0v) is 13.6. The first-order valence-electron chi connectivity index (χ1n) is 5.93. The maximum absolute atomic E-state index is 6.09. The fourth-order valence-corrected chi connectivity index (χ4v) is 4.48. The van der Waals surface area contributed by atoms with Gasteiger partial charge < -0.3 is 5.73 Å². The molecule has 5 heteroatoms. The molecule has 102 valence electrons. The number of hydrogen-bond acceptors (Lipinski definition) is 3. The highest BCUT2D eigenvalue weighted by Gasteiger charge is 2.18. The van der Waals surface area contributed by atoms with Crippen molar-refractivity contribution in [2.75, 3.05) is 0 Å².